The zero-order valence-electron chi connectivity index (χ0n) is 13.6. The van der Waals surface area contributed by atoms with E-state index in [1.165, 1.54) is 16.2 Å². The number of fused-ring (bicyclic) bond motifs is 2. The van der Waals surface area contributed by atoms with Crippen molar-refractivity contribution in [1.82, 2.24) is 19.8 Å². The predicted molar refractivity (Wildman–Crippen MR) is 100.0 cm³/mol. The molecule has 2 aromatic carbocycles. The van der Waals surface area contributed by atoms with E-state index in [1.807, 2.05) is 42.5 Å². The summed E-state index contributed by atoms with van der Waals surface area (Å²) < 4.78 is 13.6. The number of ether oxygens (including phenoxy) is 2. The molecule has 0 bridgehead atoms. The first-order valence-corrected chi connectivity index (χ1v) is 9.94. The molecular weight excluding hydrogens is 368 g/mol. The second-order valence-electron chi connectivity index (χ2n) is 5.72. The molecule has 130 valence electrons. The minimum absolute atomic E-state index is 0.230. The molecule has 0 amide bonds. The lowest BCUT2D eigenvalue weighted by Gasteiger charge is -2.24. The van der Waals surface area contributed by atoms with Crippen LogP contribution in [-0.2, 0) is 5.75 Å². The maximum atomic E-state index is 6.04. The van der Waals surface area contributed by atoms with Gasteiger partial charge in [0.25, 0.3) is 0 Å². The van der Waals surface area contributed by atoms with Crippen LogP contribution in [0.2, 0.25) is 0 Å². The van der Waals surface area contributed by atoms with Gasteiger partial charge in [0.05, 0.1) is 5.75 Å². The van der Waals surface area contributed by atoms with Gasteiger partial charge in [-0.2, -0.15) is 9.61 Å². The Morgan fingerprint density at radius 1 is 1.04 bits per heavy atom. The molecule has 8 heteroatoms. The molecule has 6 nitrogen and oxygen atoms in total. The normalized spacial score (nSPS) is 16.1. The molecule has 0 saturated carbocycles. The lowest BCUT2D eigenvalue weighted by molar-refractivity contribution is 0.0904. The van der Waals surface area contributed by atoms with E-state index in [0.29, 0.717) is 12.4 Å². The van der Waals surface area contributed by atoms with Crippen LogP contribution in [0.1, 0.15) is 16.9 Å². The Labute approximate surface area is 157 Å². The van der Waals surface area contributed by atoms with E-state index in [-0.39, 0.29) is 6.10 Å². The predicted octanol–water partition coefficient (Wildman–Crippen LogP) is 3.99. The topological polar surface area (TPSA) is 61.5 Å². The molecule has 1 unspecified atom stereocenters. The molecule has 4 aromatic rings. The molecule has 0 fully saturated rings. The standard InChI is InChI=1S/C18H14N4O2S2/c1-2-6-12(7-3-1)25-11-16-19-20-18-22(16)21-17(26-18)15-10-23-13-8-4-5-9-14(13)24-15/h1-9,15H,10-11H2. The number of hydrogen-bond donors (Lipinski definition) is 0. The summed E-state index contributed by atoms with van der Waals surface area (Å²) in [5.74, 6) is 3.05. The van der Waals surface area contributed by atoms with Crippen molar-refractivity contribution in [3.05, 3.63) is 65.4 Å². The van der Waals surface area contributed by atoms with Crippen LogP contribution in [0.3, 0.4) is 0 Å². The highest BCUT2D eigenvalue weighted by atomic mass is 32.2. The third-order valence-corrected chi connectivity index (χ3v) is 5.97. The zero-order valence-corrected chi connectivity index (χ0v) is 15.2. The second kappa shape index (κ2) is 6.62. The van der Waals surface area contributed by atoms with E-state index in [2.05, 4.69) is 27.4 Å². The Balaban J connectivity index is 1.37. The van der Waals surface area contributed by atoms with Crippen LogP contribution < -0.4 is 9.47 Å². The lowest BCUT2D eigenvalue weighted by Crippen LogP contribution is -2.21. The molecule has 2 aromatic heterocycles. The highest BCUT2D eigenvalue weighted by Gasteiger charge is 2.26. The monoisotopic (exact) mass is 382 g/mol. The van der Waals surface area contributed by atoms with Crippen molar-refractivity contribution in [3.8, 4) is 11.5 Å². The summed E-state index contributed by atoms with van der Waals surface area (Å²) in [5.41, 5.74) is 0. The van der Waals surface area contributed by atoms with E-state index in [1.54, 1.807) is 16.3 Å². The van der Waals surface area contributed by atoms with Gasteiger partial charge < -0.3 is 9.47 Å². The summed E-state index contributed by atoms with van der Waals surface area (Å²) in [6, 6.07) is 17.9. The quantitative estimate of drug-likeness (QED) is 0.497. The van der Waals surface area contributed by atoms with E-state index < -0.39 is 0 Å². The Kier molecular flexibility index (Phi) is 3.99. The van der Waals surface area contributed by atoms with Crippen molar-refractivity contribution < 1.29 is 9.47 Å². The highest BCUT2D eigenvalue weighted by molar-refractivity contribution is 7.98. The highest BCUT2D eigenvalue weighted by Crippen LogP contribution is 2.37. The summed E-state index contributed by atoms with van der Waals surface area (Å²) in [4.78, 5) is 1.96. The van der Waals surface area contributed by atoms with Crippen LogP contribution in [0.15, 0.2) is 59.5 Å². The largest absolute Gasteiger partial charge is 0.485 e. The summed E-state index contributed by atoms with van der Waals surface area (Å²) in [6.45, 7) is 0.440. The Hall–Kier alpha value is -2.58. The average Bonchev–Trinajstić information content (AvgIpc) is 3.28. The van der Waals surface area contributed by atoms with Crippen LogP contribution >= 0.6 is 23.1 Å². The van der Waals surface area contributed by atoms with Gasteiger partial charge in [-0.15, -0.1) is 22.0 Å². The van der Waals surface area contributed by atoms with Gasteiger partial charge in [0.15, 0.2) is 28.4 Å². The number of hydrogen-bond acceptors (Lipinski definition) is 7. The summed E-state index contributed by atoms with van der Waals surface area (Å²) in [7, 11) is 0. The van der Waals surface area contributed by atoms with Crippen molar-refractivity contribution in [2.45, 2.75) is 16.8 Å². The fourth-order valence-corrected chi connectivity index (χ4v) is 4.40. The number of benzene rings is 2. The molecule has 26 heavy (non-hydrogen) atoms. The molecule has 0 N–H and O–H groups in total. The summed E-state index contributed by atoms with van der Waals surface area (Å²) >= 11 is 3.20. The van der Waals surface area contributed by atoms with Gasteiger partial charge in [-0.3, -0.25) is 0 Å². The van der Waals surface area contributed by atoms with Gasteiger partial charge in [0.1, 0.15) is 6.61 Å². The van der Waals surface area contributed by atoms with E-state index in [0.717, 1.165) is 27.3 Å². The molecule has 1 atom stereocenters. The van der Waals surface area contributed by atoms with Crippen LogP contribution in [0, 0.1) is 0 Å². The van der Waals surface area contributed by atoms with Crippen LogP contribution in [-0.4, -0.2) is 26.4 Å². The molecule has 0 aliphatic carbocycles. The summed E-state index contributed by atoms with van der Waals surface area (Å²) in [5, 5.41) is 14.0. The van der Waals surface area contributed by atoms with Crippen molar-refractivity contribution in [2.75, 3.05) is 6.61 Å². The number of rotatable bonds is 4. The first-order valence-electron chi connectivity index (χ1n) is 8.14. The van der Waals surface area contributed by atoms with Crippen LogP contribution in [0.4, 0.5) is 0 Å². The SMILES string of the molecule is c1ccc(SCc2nnc3sc(C4COc5ccccc5O4)nn23)cc1. The fraction of sp³-hybridized carbons (Fsp3) is 0.167. The van der Waals surface area contributed by atoms with Gasteiger partial charge in [0, 0.05) is 4.90 Å². The van der Waals surface area contributed by atoms with Gasteiger partial charge in [-0.25, -0.2) is 0 Å². The minimum atomic E-state index is -0.230. The number of thioether (sulfide) groups is 1. The first kappa shape index (κ1) is 15.7. The van der Waals surface area contributed by atoms with Gasteiger partial charge >= 0.3 is 0 Å². The zero-order chi connectivity index (χ0) is 17.3. The average molecular weight is 382 g/mol. The maximum Gasteiger partial charge on any atom is 0.234 e. The molecule has 0 saturated heterocycles. The Bertz CT molecular complexity index is 1050. The molecular formula is C18H14N4O2S2. The fourth-order valence-electron chi connectivity index (χ4n) is 2.70. The Morgan fingerprint density at radius 2 is 1.85 bits per heavy atom. The number of nitrogens with zero attached hydrogens (tertiary/aromatic N) is 4. The molecule has 1 aliphatic heterocycles. The minimum Gasteiger partial charge on any atom is -0.485 e. The van der Waals surface area contributed by atoms with Crippen molar-refractivity contribution in [3.63, 3.8) is 0 Å². The molecule has 0 spiro atoms. The van der Waals surface area contributed by atoms with E-state index >= 15 is 0 Å². The Morgan fingerprint density at radius 3 is 2.73 bits per heavy atom. The lowest BCUT2D eigenvalue weighted by atomic mass is 10.3. The first-order chi connectivity index (χ1) is 12.9. The molecule has 3 heterocycles. The van der Waals surface area contributed by atoms with Crippen LogP contribution in [0.25, 0.3) is 4.96 Å². The van der Waals surface area contributed by atoms with Crippen molar-refractivity contribution in [1.29, 1.82) is 0 Å². The summed E-state index contributed by atoms with van der Waals surface area (Å²) in [6.07, 6.45) is -0.230. The third-order valence-electron chi connectivity index (χ3n) is 3.97. The second-order valence-corrected chi connectivity index (χ2v) is 7.75. The molecule has 5 rings (SSSR count). The third kappa shape index (κ3) is 2.91. The molecule has 0 radical (unpaired) electrons. The maximum absolute atomic E-state index is 6.04. The van der Waals surface area contributed by atoms with Gasteiger partial charge in [-0.05, 0) is 24.3 Å². The smallest absolute Gasteiger partial charge is 0.234 e. The van der Waals surface area contributed by atoms with Crippen molar-refractivity contribution in [2.24, 2.45) is 0 Å². The van der Waals surface area contributed by atoms with Crippen LogP contribution in [0.5, 0.6) is 11.5 Å². The van der Waals surface area contributed by atoms with Crippen molar-refractivity contribution >= 4 is 28.1 Å². The molecule has 1 aliphatic rings. The van der Waals surface area contributed by atoms with Gasteiger partial charge in [0.2, 0.25) is 4.96 Å². The van der Waals surface area contributed by atoms with E-state index in [9.17, 15) is 0 Å². The van der Waals surface area contributed by atoms with Gasteiger partial charge in [-0.1, -0.05) is 41.7 Å². The van der Waals surface area contributed by atoms with E-state index in [4.69, 9.17) is 9.47 Å². The number of aromatic nitrogens is 4. The number of para-hydroxylation sites is 2.